The second-order valence-corrected chi connectivity index (χ2v) is 0.819. The molecule has 0 spiro atoms. The molecule has 1 amide bonds. The molecule has 0 atom stereocenters. The summed E-state index contributed by atoms with van der Waals surface area (Å²) in [5.41, 5.74) is 4.61. The van der Waals surface area contributed by atoms with Crippen LogP contribution >= 0.6 is 0 Å². The predicted molar refractivity (Wildman–Crippen MR) is 24.7 cm³/mol. The molecule has 40 valence electrons. The average molecular weight is 102 g/mol. The Morgan fingerprint density at radius 2 is 2.57 bits per heavy atom. The fourth-order valence-corrected chi connectivity index (χ4v) is 0.105. The molecule has 0 heterocycles. The van der Waals surface area contributed by atoms with Crippen LogP contribution in [0.2, 0.25) is 0 Å². The summed E-state index contributed by atoms with van der Waals surface area (Å²) in [6, 6.07) is 0. The lowest BCUT2D eigenvalue weighted by atomic mass is 10.7. The van der Waals surface area contributed by atoms with Gasteiger partial charge in [-0.1, -0.05) is 5.16 Å². The molecule has 4 nitrogen and oxygen atoms in total. The first-order valence-corrected chi connectivity index (χ1v) is 1.63. The maximum Gasteiger partial charge on any atom is 0.263 e. The molecule has 2 N–H and O–H groups in total. The lowest BCUT2D eigenvalue weighted by Crippen LogP contribution is -2.11. The molecule has 4 heteroatoms. The number of carbonyl (C=O) groups is 1. The second kappa shape index (κ2) is 3.14. The van der Waals surface area contributed by atoms with Crippen molar-refractivity contribution in [3.8, 4) is 0 Å². The summed E-state index contributed by atoms with van der Waals surface area (Å²) in [5, 5.41) is 3.07. The maximum atomic E-state index is 9.75. The van der Waals surface area contributed by atoms with E-state index in [1.165, 1.54) is 7.11 Å². The van der Waals surface area contributed by atoms with Crippen molar-refractivity contribution in [3.05, 3.63) is 0 Å². The Hall–Kier alpha value is -1.06. The Balaban J connectivity index is 3.26. The molecule has 0 radical (unpaired) electrons. The summed E-state index contributed by atoms with van der Waals surface area (Å²) in [5.74, 6) is -0.609. The molecule has 0 unspecified atom stereocenters. The summed E-state index contributed by atoms with van der Waals surface area (Å²) in [6.45, 7) is 0. The molecule has 0 aromatic rings. The zero-order valence-corrected chi connectivity index (χ0v) is 3.92. The molecule has 0 aromatic carbocycles. The third-order valence-electron chi connectivity index (χ3n) is 0.285. The highest BCUT2D eigenvalue weighted by molar-refractivity contribution is 6.25. The summed E-state index contributed by atoms with van der Waals surface area (Å²) in [6.07, 6.45) is 0.889. The van der Waals surface area contributed by atoms with Gasteiger partial charge in [0.05, 0.1) is 0 Å². The van der Waals surface area contributed by atoms with Crippen molar-refractivity contribution >= 4 is 12.1 Å². The third kappa shape index (κ3) is 4.94. The van der Waals surface area contributed by atoms with E-state index in [1.807, 2.05) is 0 Å². The minimum atomic E-state index is -0.609. The molecular weight excluding hydrogens is 96.0 g/mol. The van der Waals surface area contributed by atoms with Crippen molar-refractivity contribution < 1.29 is 9.63 Å². The number of oxime groups is 1. The number of carbonyl (C=O) groups excluding carboxylic acids is 1. The largest absolute Gasteiger partial charge is 0.399 e. The van der Waals surface area contributed by atoms with Crippen LogP contribution in [0.3, 0.4) is 0 Å². The standard InChI is InChI=1S/C3H6N2O2/c1-7-5-2-3(4)6/h2H,1H3,(H2,4,6). The van der Waals surface area contributed by atoms with Gasteiger partial charge in [-0.3, -0.25) is 4.79 Å². The normalized spacial score (nSPS) is 9.29. The molecule has 0 aliphatic rings. The SMILES string of the molecule is CON=CC(N)=O. The molecule has 0 saturated heterocycles. The van der Waals surface area contributed by atoms with Gasteiger partial charge >= 0.3 is 0 Å². The zero-order chi connectivity index (χ0) is 5.70. The highest BCUT2D eigenvalue weighted by Gasteiger charge is 1.78. The van der Waals surface area contributed by atoms with Crippen molar-refractivity contribution in [3.63, 3.8) is 0 Å². The second-order valence-electron chi connectivity index (χ2n) is 0.819. The first kappa shape index (κ1) is 5.94. The van der Waals surface area contributed by atoms with Gasteiger partial charge in [0.1, 0.15) is 13.3 Å². The Labute approximate surface area is 40.9 Å². The van der Waals surface area contributed by atoms with E-state index in [9.17, 15) is 4.79 Å². The fraction of sp³-hybridized carbons (Fsp3) is 0.333. The van der Waals surface area contributed by atoms with Crippen LogP contribution in [0, 0.1) is 0 Å². The van der Waals surface area contributed by atoms with Crippen molar-refractivity contribution in [2.75, 3.05) is 7.11 Å². The van der Waals surface area contributed by atoms with Gasteiger partial charge in [-0.15, -0.1) is 0 Å². The van der Waals surface area contributed by atoms with Crippen LogP contribution in [0.15, 0.2) is 5.16 Å². The van der Waals surface area contributed by atoms with E-state index >= 15 is 0 Å². The first-order valence-electron chi connectivity index (χ1n) is 1.63. The van der Waals surface area contributed by atoms with E-state index in [0.717, 1.165) is 6.21 Å². The zero-order valence-electron chi connectivity index (χ0n) is 3.92. The van der Waals surface area contributed by atoms with Gasteiger partial charge < -0.3 is 10.6 Å². The fourth-order valence-electron chi connectivity index (χ4n) is 0.105. The van der Waals surface area contributed by atoms with E-state index in [2.05, 4.69) is 15.7 Å². The molecule has 0 fully saturated rings. The topological polar surface area (TPSA) is 64.7 Å². The molecule has 7 heavy (non-hydrogen) atoms. The van der Waals surface area contributed by atoms with Crippen molar-refractivity contribution in [2.24, 2.45) is 10.9 Å². The summed E-state index contributed by atoms with van der Waals surface area (Å²) < 4.78 is 0. The average Bonchev–Trinajstić information content (AvgIpc) is 1.61. The molecule has 0 aliphatic carbocycles. The van der Waals surface area contributed by atoms with E-state index in [0.29, 0.717) is 0 Å². The molecule has 0 saturated carbocycles. The van der Waals surface area contributed by atoms with Crippen molar-refractivity contribution in [1.82, 2.24) is 0 Å². The van der Waals surface area contributed by atoms with Gasteiger partial charge in [-0.05, 0) is 0 Å². The highest BCUT2D eigenvalue weighted by Crippen LogP contribution is 1.59. The van der Waals surface area contributed by atoms with Gasteiger partial charge in [0.25, 0.3) is 5.91 Å². The van der Waals surface area contributed by atoms with E-state index in [4.69, 9.17) is 0 Å². The van der Waals surface area contributed by atoms with Crippen LogP contribution in [-0.2, 0) is 9.63 Å². The van der Waals surface area contributed by atoms with Crippen LogP contribution in [0.1, 0.15) is 0 Å². The minimum Gasteiger partial charge on any atom is -0.399 e. The van der Waals surface area contributed by atoms with Gasteiger partial charge in [-0.25, -0.2) is 0 Å². The molecule has 0 aromatic heterocycles. The van der Waals surface area contributed by atoms with Gasteiger partial charge in [0.2, 0.25) is 0 Å². The van der Waals surface area contributed by atoms with Crippen LogP contribution < -0.4 is 5.73 Å². The van der Waals surface area contributed by atoms with Crippen LogP contribution in [-0.4, -0.2) is 19.2 Å². The van der Waals surface area contributed by atoms with E-state index in [-0.39, 0.29) is 0 Å². The molecule has 0 aliphatic heterocycles. The quantitative estimate of drug-likeness (QED) is 0.363. The van der Waals surface area contributed by atoms with Gasteiger partial charge in [0.15, 0.2) is 0 Å². The number of amides is 1. The lowest BCUT2D eigenvalue weighted by Gasteiger charge is -1.79. The monoisotopic (exact) mass is 102 g/mol. The van der Waals surface area contributed by atoms with Crippen LogP contribution in [0.4, 0.5) is 0 Å². The van der Waals surface area contributed by atoms with Crippen LogP contribution in [0.5, 0.6) is 0 Å². The molecular formula is C3H6N2O2. The Kier molecular flexibility index (Phi) is 2.67. The smallest absolute Gasteiger partial charge is 0.263 e. The van der Waals surface area contributed by atoms with Crippen molar-refractivity contribution in [2.45, 2.75) is 0 Å². The highest BCUT2D eigenvalue weighted by atomic mass is 16.6. The number of primary amides is 1. The number of nitrogens with two attached hydrogens (primary N) is 1. The summed E-state index contributed by atoms with van der Waals surface area (Å²) in [4.78, 5) is 13.9. The Morgan fingerprint density at radius 1 is 2.00 bits per heavy atom. The third-order valence-corrected chi connectivity index (χ3v) is 0.285. The van der Waals surface area contributed by atoms with Crippen molar-refractivity contribution in [1.29, 1.82) is 0 Å². The molecule has 0 rings (SSSR count). The Morgan fingerprint density at radius 3 is 2.71 bits per heavy atom. The maximum absolute atomic E-state index is 9.75. The summed E-state index contributed by atoms with van der Waals surface area (Å²) in [7, 11) is 1.33. The van der Waals surface area contributed by atoms with E-state index in [1.54, 1.807) is 0 Å². The number of nitrogens with zero attached hydrogens (tertiary/aromatic N) is 1. The lowest BCUT2D eigenvalue weighted by molar-refractivity contribution is -0.111. The minimum absolute atomic E-state index is 0.609. The number of hydrogen-bond donors (Lipinski definition) is 1. The van der Waals surface area contributed by atoms with Crippen LogP contribution in [0.25, 0.3) is 0 Å². The number of rotatable bonds is 2. The predicted octanol–water partition coefficient (Wildman–Crippen LogP) is -0.896. The Bertz CT molecular complexity index is 88.9. The first-order chi connectivity index (χ1) is 3.27. The van der Waals surface area contributed by atoms with Gasteiger partial charge in [-0.2, -0.15) is 0 Å². The van der Waals surface area contributed by atoms with E-state index < -0.39 is 5.91 Å². The number of hydrogen-bond acceptors (Lipinski definition) is 3. The summed E-state index contributed by atoms with van der Waals surface area (Å²) >= 11 is 0. The molecule has 0 bridgehead atoms. The van der Waals surface area contributed by atoms with Gasteiger partial charge in [0, 0.05) is 0 Å².